The number of carbonyl (C=O) groups excluding carboxylic acids is 1. The second-order valence-corrected chi connectivity index (χ2v) is 12.8. The van der Waals surface area contributed by atoms with Crippen LogP contribution in [-0.2, 0) is 16.1 Å². The third-order valence-corrected chi connectivity index (χ3v) is 9.83. The van der Waals surface area contributed by atoms with Crippen molar-refractivity contribution in [1.82, 2.24) is 10.1 Å². The zero-order valence-electron chi connectivity index (χ0n) is 24.3. The number of hydrogen-bond acceptors (Lipinski definition) is 9. The van der Waals surface area contributed by atoms with Crippen LogP contribution >= 0.6 is 11.3 Å². The highest BCUT2D eigenvalue weighted by atomic mass is 32.1. The predicted molar refractivity (Wildman–Crippen MR) is 158 cm³/mol. The van der Waals surface area contributed by atoms with Crippen LogP contribution in [0.4, 0.5) is 18.3 Å². The molecular weight excluding hydrogens is 595 g/mol. The zero-order valence-corrected chi connectivity index (χ0v) is 25.1. The van der Waals surface area contributed by atoms with Gasteiger partial charge in [-0.05, 0) is 75.3 Å². The fourth-order valence-corrected chi connectivity index (χ4v) is 7.82. The highest BCUT2D eigenvalue weighted by Crippen LogP contribution is 2.48. The van der Waals surface area contributed by atoms with Gasteiger partial charge in [-0.2, -0.15) is 0 Å². The molecule has 4 atom stereocenters. The lowest BCUT2D eigenvalue weighted by atomic mass is 9.97. The molecule has 12 heteroatoms. The second-order valence-electron chi connectivity index (χ2n) is 11.8. The first-order valence-electron chi connectivity index (χ1n) is 15.0. The van der Waals surface area contributed by atoms with Crippen molar-refractivity contribution in [2.45, 2.75) is 83.0 Å². The quantitative estimate of drug-likeness (QED) is 0.173. The highest BCUT2D eigenvalue weighted by Gasteiger charge is 2.47. The summed E-state index contributed by atoms with van der Waals surface area (Å²) in [6.45, 7) is 4.56. The van der Waals surface area contributed by atoms with E-state index in [1.165, 1.54) is 12.1 Å². The molecule has 3 unspecified atom stereocenters. The monoisotopic (exact) mass is 627 g/mol. The van der Waals surface area contributed by atoms with Crippen molar-refractivity contribution in [3.63, 3.8) is 0 Å². The molecule has 232 valence electrons. The molecule has 44 heavy (non-hydrogen) atoms. The molecule has 8 nitrogen and oxygen atoms in total. The highest BCUT2D eigenvalue weighted by molar-refractivity contribution is 7.22. The normalized spacial score (nSPS) is 23.3. The third kappa shape index (κ3) is 5.65. The molecule has 1 saturated carbocycles. The van der Waals surface area contributed by atoms with Gasteiger partial charge >= 0.3 is 12.3 Å². The number of hydrogen-bond donors (Lipinski definition) is 0. The Balaban J connectivity index is 1.10. The fourth-order valence-electron chi connectivity index (χ4n) is 6.68. The van der Waals surface area contributed by atoms with E-state index in [0.717, 1.165) is 47.5 Å². The summed E-state index contributed by atoms with van der Waals surface area (Å²) in [4.78, 5) is 19.6. The maximum absolute atomic E-state index is 13.2. The van der Waals surface area contributed by atoms with Crippen molar-refractivity contribution < 1.29 is 36.7 Å². The number of aromatic nitrogens is 2. The Kier molecular flexibility index (Phi) is 7.52. The summed E-state index contributed by atoms with van der Waals surface area (Å²) in [6, 6.07) is 11.9. The fraction of sp³-hybridized carbons (Fsp3) is 0.469. The van der Waals surface area contributed by atoms with E-state index >= 15 is 0 Å². The smallest absolute Gasteiger partial charge is 0.462 e. The number of benzene rings is 2. The zero-order chi connectivity index (χ0) is 30.6. The van der Waals surface area contributed by atoms with Gasteiger partial charge in [-0.1, -0.05) is 35.5 Å². The molecule has 2 aromatic carbocycles. The van der Waals surface area contributed by atoms with Crippen molar-refractivity contribution in [3.8, 4) is 17.0 Å². The molecular formula is C32H32F3N3O5S. The average molecular weight is 628 g/mol. The van der Waals surface area contributed by atoms with E-state index < -0.39 is 6.36 Å². The number of fused-ring (bicyclic) bond motifs is 3. The molecule has 0 amide bonds. The van der Waals surface area contributed by atoms with Crippen LogP contribution in [0, 0.1) is 5.92 Å². The SMILES string of the molecule is CCOC(=O)c1ccc2nc(N3C4CC(OCc5c(-c6ccccc6OC(F)(F)F)noc5C5CC5)CC3[C@H](C)C4)sc2c1. The molecule has 2 aliphatic heterocycles. The Morgan fingerprint density at radius 2 is 1.95 bits per heavy atom. The Labute approximate surface area is 256 Å². The molecule has 0 radical (unpaired) electrons. The van der Waals surface area contributed by atoms with Crippen LogP contribution < -0.4 is 9.64 Å². The molecule has 3 aliphatic rings. The molecule has 0 spiro atoms. The molecule has 2 bridgehead atoms. The summed E-state index contributed by atoms with van der Waals surface area (Å²) in [5.41, 5.74) is 2.62. The molecule has 2 aromatic heterocycles. The van der Waals surface area contributed by atoms with E-state index in [-0.39, 0.29) is 48.0 Å². The standard InChI is InChI=1S/C32H32F3N3O5S/c1-3-40-30(39)19-10-11-24-27(13-19)44-31(36-24)38-20-12-17(2)25(38)15-21(14-20)41-16-23-28(37-43-29(23)18-8-9-18)22-6-4-5-7-26(22)42-32(33,34)35/h4-7,10-11,13,17-18,20-21,25H,3,8-9,12,14-16H2,1-2H3/t17-,20?,21?,25?/m1/s1. The number of thiazole rings is 1. The summed E-state index contributed by atoms with van der Waals surface area (Å²) in [5, 5.41) is 5.15. The lowest BCUT2D eigenvalue weighted by Crippen LogP contribution is -2.46. The van der Waals surface area contributed by atoms with Crippen molar-refractivity contribution in [3.05, 3.63) is 59.4 Å². The van der Waals surface area contributed by atoms with Gasteiger partial charge in [-0.3, -0.25) is 0 Å². The van der Waals surface area contributed by atoms with Crippen molar-refractivity contribution in [2.24, 2.45) is 5.92 Å². The number of esters is 1. The van der Waals surface area contributed by atoms with Gasteiger partial charge in [0.05, 0.1) is 35.1 Å². The molecule has 4 heterocycles. The Morgan fingerprint density at radius 3 is 2.70 bits per heavy atom. The van der Waals surface area contributed by atoms with E-state index in [9.17, 15) is 18.0 Å². The van der Waals surface area contributed by atoms with Gasteiger partial charge in [-0.25, -0.2) is 9.78 Å². The molecule has 1 aliphatic carbocycles. The number of para-hydroxylation sites is 1. The Hall–Kier alpha value is -3.64. The number of ether oxygens (including phenoxy) is 3. The van der Waals surface area contributed by atoms with Gasteiger partial charge in [0.2, 0.25) is 0 Å². The lowest BCUT2D eigenvalue weighted by Gasteiger charge is -2.39. The minimum absolute atomic E-state index is 0.0348. The maximum atomic E-state index is 13.2. The van der Waals surface area contributed by atoms with Crippen LogP contribution in [0.15, 0.2) is 47.0 Å². The minimum Gasteiger partial charge on any atom is -0.462 e. The van der Waals surface area contributed by atoms with Crippen LogP contribution in [0.25, 0.3) is 21.5 Å². The first-order chi connectivity index (χ1) is 21.2. The van der Waals surface area contributed by atoms with Crippen LogP contribution in [0.1, 0.15) is 73.6 Å². The molecule has 2 saturated heterocycles. The van der Waals surface area contributed by atoms with Gasteiger partial charge in [-0.15, -0.1) is 13.2 Å². The average Bonchev–Trinajstić information content (AvgIpc) is 3.54. The number of alkyl halides is 3. The van der Waals surface area contributed by atoms with Crippen molar-refractivity contribution in [2.75, 3.05) is 11.5 Å². The van der Waals surface area contributed by atoms with Gasteiger partial charge in [0.15, 0.2) is 5.13 Å². The Bertz CT molecular complexity index is 1680. The van der Waals surface area contributed by atoms with Gasteiger partial charge in [0.25, 0.3) is 0 Å². The first kappa shape index (κ1) is 29.1. The minimum atomic E-state index is -4.83. The number of piperidine rings is 1. The van der Waals surface area contributed by atoms with Crippen LogP contribution in [0.3, 0.4) is 0 Å². The van der Waals surface area contributed by atoms with Crippen molar-refractivity contribution in [1.29, 1.82) is 0 Å². The van der Waals surface area contributed by atoms with E-state index in [2.05, 4.69) is 21.7 Å². The summed E-state index contributed by atoms with van der Waals surface area (Å²) in [6.07, 6.45) is -0.341. The number of anilines is 1. The van der Waals surface area contributed by atoms with E-state index in [4.69, 9.17) is 19.0 Å². The third-order valence-electron chi connectivity index (χ3n) is 8.80. The second kappa shape index (κ2) is 11.4. The number of carbonyl (C=O) groups is 1. The maximum Gasteiger partial charge on any atom is 0.573 e. The summed E-state index contributed by atoms with van der Waals surface area (Å²) in [7, 11) is 0. The Morgan fingerprint density at radius 1 is 1.14 bits per heavy atom. The van der Waals surface area contributed by atoms with E-state index in [1.54, 1.807) is 36.5 Å². The largest absolute Gasteiger partial charge is 0.573 e. The van der Waals surface area contributed by atoms with Gasteiger partial charge < -0.3 is 23.6 Å². The molecule has 3 fully saturated rings. The molecule has 0 N–H and O–H groups in total. The first-order valence-corrected chi connectivity index (χ1v) is 15.8. The van der Waals surface area contributed by atoms with E-state index in [1.807, 2.05) is 12.1 Å². The molecule has 4 aromatic rings. The predicted octanol–water partition coefficient (Wildman–Crippen LogP) is 7.87. The van der Waals surface area contributed by atoms with Crippen LogP contribution in [0.2, 0.25) is 0 Å². The topological polar surface area (TPSA) is 86.9 Å². The van der Waals surface area contributed by atoms with Crippen LogP contribution in [0.5, 0.6) is 5.75 Å². The lowest BCUT2D eigenvalue weighted by molar-refractivity contribution is -0.274. The van der Waals surface area contributed by atoms with Crippen LogP contribution in [-0.4, -0.2) is 47.3 Å². The summed E-state index contributed by atoms with van der Waals surface area (Å²) in [5.74, 6) is 0.671. The summed E-state index contributed by atoms with van der Waals surface area (Å²) >= 11 is 1.59. The summed E-state index contributed by atoms with van der Waals surface area (Å²) < 4.78 is 62.1. The number of nitrogens with zero attached hydrogens (tertiary/aromatic N) is 3. The van der Waals surface area contributed by atoms with E-state index in [0.29, 0.717) is 35.1 Å². The molecule has 7 rings (SSSR count). The number of halogens is 3. The van der Waals surface area contributed by atoms with Gasteiger partial charge in [0, 0.05) is 29.1 Å². The van der Waals surface area contributed by atoms with Gasteiger partial charge in [0.1, 0.15) is 17.2 Å². The number of rotatable bonds is 9. The van der Waals surface area contributed by atoms with Crippen molar-refractivity contribution >= 4 is 32.7 Å².